The van der Waals surface area contributed by atoms with Gasteiger partial charge in [-0.3, -0.25) is 0 Å². The van der Waals surface area contributed by atoms with Crippen LogP contribution in [0.2, 0.25) is 0 Å². The molecule has 128 valence electrons. The van der Waals surface area contributed by atoms with Crippen molar-refractivity contribution in [2.24, 2.45) is 0 Å². The van der Waals surface area contributed by atoms with Gasteiger partial charge in [0.25, 0.3) is 0 Å². The SMILES string of the molecule is Cc1ccc(-n2c(-c3cc4c(cc3O)OC(C)(C)O4)n[nH]c2=O)cc1. The monoisotopic (exact) mass is 339 g/mol. The minimum atomic E-state index is -0.810. The zero-order valence-corrected chi connectivity index (χ0v) is 14.0. The van der Waals surface area contributed by atoms with Gasteiger partial charge in [-0.2, -0.15) is 5.10 Å². The van der Waals surface area contributed by atoms with Gasteiger partial charge >= 0.3 is 5.69 Å². The molecule has 4 rings (SSSR count). The molecule has 0 radical (unpaired) electrons. The van der Waals surface area contributed by atoms with Crippen LogP contribution in [0, 0.1) is 6.92 Å². The molecule has 0 aliphatic carbocycles. The molecule has 0 amide bonds. The summed E-state index contributed by atoms with van der Waals surface area (Å²) in [6.45, 7) is 5.52. The molecule has 1 aliphatic heterocycles. The third-order valence-corrected chi connectivity index (χ3v) is 3.98. The van der Waals surface area contributed by atoms with Crippen molar-refractivity contribution in [1.29, 1.82) is 0 Å². The normalized spacial score (nSPS) is 14.7. The number of H-pyrrole nitrogens is 1. The number of nitrogens with one attached hydrogen (secondary N) is 1. The van der Waals surface area contributed by atoms with Gasteiger partial charge in [0, 0.05) is 19.9 Å². The first-order valence-corrected chi connectivity index (χ1v) is 7.84. The Labute approximate surface area is 143 Å². The van der Waals surface area contributed by atoms with E-state index in [9.17, 15) is 9.90 Å². The summed E-state index contributed by atoms with van der Waals surface area (Å²) in [5.74, 6) is 0.375. The second kappa shape index (κ2) is 5.14. The number of fused-ring (bicyclic) bond motifs is 1. The van der Waals surface area contributed by atoms with Crippen LogP contribution in [-0.4, -0.2) is 25.7 Å². The standard InChI is InChI=1S/C18H17N3O4/c1-10-4-6-11(7-5-10)21-16(19-20-17(21)23)12-8-14-15(9-13(12)22)25-18(2,3)24-14/h4-9,22H,1-3H3,(H,20,23). The fourth-order valence-electron chi connectivity index (χ4n) is 2.85. The molecular weight excluding hydrogens is 322 g/mol. The van der Waals surface area contributed by atoms with Crippen molar-refractivity contribution in [3.63, 3.8) is 0 Å². The molecule has 0 bridgehead atoms. The van der Waals surface area contributed by atoms with Crippen molar-refractivity contribution in [1.82, 2.24) is 14.8 Å². The average molecular weight is 339 g/mol. The predicted octanol–water partition coefficient (Wildman–Crippen LogP) is 2.75. The van der Waals surface area contributed by atoms with Crippen molar-refractivity contribution < 1.29 is 14.6 Å². The maximum atomic E-state index is 12.3. The van der Waals surface area contributed by atoms with Gasteiger partial charge in [-0.05, 0) is 25.1 Å². The minimum Gasteiger partial charge on any atom is -0.507 e. The Balaban J connectivity index is 1.88. The molecule has 0 saturated heterocycles. The molecule has 0 spiro atoms. The zero-order chi connectivity index (χ0) is 17.8. The Morgan fingerprint density at radius 3 is 2.44 bits per heavy atom. The van der Waals surface area contributed by atoms with E-state index in [2.05, 4.69) is 10.2 Å². The number of hydrogen-bond donors (Lipinski definition) is 2. The molecule has 0 saturated carbocycles. The van der Waals surface area contributed by atoms with Crippen LogP contribution < -0.4 is 15.2 Å². The Bertz CT molecular complexity index is 1020. The fourth-order valence-corrected chi connectivity index (χ4v) is 2.85. The molecular formula is C18H17N3O4. The average Bonchev–Trinajstić information content (AvgIpc) is 3.05. The van der Waals surface area contributed by atoms with Crippen molar-refractivity contribution in [3.8, 4) is 34.3 Å². The molecule has 2 N–H and O–H groups in total. The maximum Gasteiger partial charge on any atom is 0.348 e. The highest BCUT2D eigenvalue weighted by molar-refractivity contribution is 5.71. The van der Waals surface area contributed by atoms with E-state index in [0.29, 0.717) is 28.6 Å². The number of aromatic nitrogens is 3. The summed E-state index contributed by atoms with van der Waals surface area (Å²) in [6.07, 6.45) is 0. The number of phenolic OH excluding ortho intramolecular Hbond substituents is 1. The topological polar surface area (TPSA) is 89.4 Å². The van der Waals surface area contributed by atoms with Gasteiger partial charge in [0.15, 0.2) is 17.3 Å². The molecule has 1 aliphatic rings. The number of hydrogen-bond acceptors (Lipinski definition) is 5. The number of rotatable bonds is 2. The Kier molecular flexibility index (Phi) is 3.15. The highest BCUT2D eigenvalue weighted by atomic mass is 16.7. The summed E-state index contributed by atoms with van der Waals surface area (Å²) in [4.78, 5) is 12.3. The lowest BCUT2D eigenvalue weighted by Gasteiger charge is -2.16. The van der Waals surface area contributed by atoms with Crippen molar-refractivity contribution >= 4 is 0 Å². The van der Waals surface area contributed by atoms with Crippen LogP contribution in [0.1, 0.15) is 19.4 Å². The molecule has 7 nitrogen and oxygen atoms in total. The summed E-state index contributed by atoms with van der Waals surface area (Å²) in [5, 5.41) is 16.9. The summed E-state index contributed by atoms with van der Waals surface area (Å²) >= 11 is 0. The summed E-state index contributed by atoms with van der Waals surface area (Å²) in [5.41, 5.74) is 1.71. The molecule has 0 fully saturated rings. The number of benzene rings is 2. The van der Waals surface area contributed by atoms with E-state index in [1.165, 1.54) is 10.6 Å². The van der Waals surface area contributed by atoms with Gasteiger partial charge in [0.05, 0.1) is 11.3 Å². The molecule has 2 heterocycles. The second-order valence-electron chi connectivity index (χ2n) is 6.44. The van der Waals surface area contributed by atoms with Gasteiger partial charge in [-0.1, -0.05) is 17.7 Å². The van der Waals surface area contributed by atoms with Gasteiger partial charge in [-0.15, -0.1) is 0 Å². The molecule has 7 heteroatoms. The van der Waals surface area contributed by atoms with Crippen LogP contribution in [0.25, 0.3) is 17.1 Å². The van der Waals surface area contributed by atoms with Gasteiger partial charge in [0.1, 0.15) is 5.75 Å². The van der Waals surface area contributed by atoms with Crippen LogP contribution in [0.15, 0.2) is 41.2 Å². The predicted molar refractivity (Wildman–Crippen MR) is 91.4 cm³/mol. The van der Waals surface area contributed by atoms with Crippen molar-refractivity contribution in [2.75, 3.05) is 0 Å². The quantitative estimate of drug-likeness (QED) is 0.749. The minimum absolute atomic E-state index is 0.0487. The van der Waals surface area contributed by atoms with Crippen LogP contribution in [0.4, 0.5) is 0 Å². The number of aryl methyl sites for hydroxylation is 1. The molecule has 1 aromatic heterocycles. The molecule has 3 aromatic rings. The van der Waals surface area contributed by atoms with Crippen molar-refractivity contribution in [2.45, 2.75) is 26.6 Å². The first-order chi connectivity index (χ1) is 11.8. The highest BCUT2D eigenvalue weighted by Gasteiger charge is 2.33. The maximum absolute atomic E-state index is 12.3. The van der Waals surface area contributed by atoms with E-state index in [1.54, 1.807) is 19.9 Å². The number of aromatic hydroxyl groups is 1. The first kappa shape index (κ1) is 15.3. The number of ether oxygens (including phenoxy) is 2. The summed E-state index contributed by atoms with van der Waals surface area (Å²) in [6, 6.07) is 10.5. The van der Waals surface area contributed by atoms with Crippen LogP contribution in [-0.2, 0) is 0 Å². The Morgan fingerprint density at radius 2 is 1.76 bits per heavy atom. The summed E-state index contributed by atoms with van der Waals surface area (Å²) < 4.78 is 12.7. The van der Waals surface area contributed by atoms with E-state index >= 15 is 0 Å². The number of phenols is 1. The third-order valence-electron chi connectivity index (χ3n) is 3.98. The van der Waals surface area contributed by atoms with E-state index in [1.807, 2.05) is 31.2 Å². The van der Waals surface area contributed by atoms with E-state index < -0.39 is 11.5 Å². The second-order valence-corrected chi connectivity index (χ2v) is 6.44. The lowest BCUT2D eigenvalue weighted by Crippen LogP contribution is -2.29. The molecule has 2 aromatic carbocycles. The van der Waals surface area contributed by atoms with Gasteiger partial charge in [-0.25, -0.2) is 14.5 Å². The number of nitrogens with zero attached hydrogens (tertiary/aromatic N) is 2. The Morgan fingerprint density at radius 1 is 1.12 bits per heavy atom. The smallest absolute Gasteiger partial charge is 0.348 e. The molecule has 0 unspecified atom stereocenters. The van der Waals surface area contributed by atoms with E-state index in [4.69, 9.17) is 9.47 Å². The van der Waals surface area contributed by atoms with Gasteiger partial charge < -0.3 is 14.6 Å². The zero-order valence-electron chi connectivity index (χ0n) is 14.0. The summed E-state index contributed by atoms with van der Waals surface area (Å²) in [7, 11) is 0. The largest absolute Gasteiger partial charge is 0.507 e. The molecule has 0 atom stereocenters. The van der Waals surface area contributed by atoms with Crippen LogP contribution in [0.5, 0.6) is 17.2 Å². The van der Waals surface area contributed by atoms with Crippen LogP contribution in [0.3, 0.4) is 0 Å². The van der Waals surface area contributed by atoms with Crippen molar-refractivity contribution in [3.05, 3.63) is 52.4 Å². The molecule has 25 heavy (non-hydrogen) atoms. The number of aromatic amines is 1. The first-order valence-electron chi connectivity index (χ1n) is 7.84. The lowest BCUT2D eigenvalue weighted by atomic mass is 10.1. The fraction of sp³-hybridized carbons (Fsp3) is 0.222. The van der Waals surface area contributed by atoms with Gasteiger partial charge in [0.2, 0.25) is 5.79 Å². The Hall–Kier alpha value is -3.22. The highest BCUT2D eigenvalue weighted by Crippen LogP contribution is 2.45. The lowest BCUT2D eigenvalue weighted by molar-refractivity contribution is -0.0431. The van der Waals surface area contributed by atoms with E-state index in [-0.39, 0.29) is 5.75 Å². The van der Waals surface area contributed by atoms with E-state index in [0.717, 1.165) is 5.56 Å². The third kappa shape index (κ3) is 2.53. The van der Waals surface area contributed by atoms with Crippen LogP contribution >= 0.6 is 0 Å².